The Morgan fingerprint density at radius 2 is 2.08 bits per heavy atom. The van der Waals surface area contributed by atoms with Crippen LogP contribution in [0.4, 0.5) is 5.82 Å². The Balaban J connectivity index is 1.58. The van der Waals surface area contributed by atoms with Crippen LogP contribution in [-0.2, 0) is 29.1 Å². The molecule has 0 aliphatic carbocycles. The largest absolute Gasteiger partial charge is 0.462 e. The van der Waals surface area contributed by atoms with Crippen LogP contribution >= 0.6 is 19.3 Å². The van der Waals surface area contributed by atoms with Gasteiger partial charge in [0.15, 0.2) is 5.65 Å². The van der Waals surface area contributed by atoms with E-state index in [0.29, 0.717) is 5.39 Å². The first-order chi connectivity index (χ1) is 18.5. The molecule has 14 nitrogen and oxygen atoms in total. The number of aliphatic hydroxyl groups excluding tert-OH is 1. The Morgan fingerprint density at radius 1 is 1.36 bits per heavy atom. The molecule has 2 aromatic heterocycles. The molecular formula is C23H27ClN7O7P. The summed E-state index contributed by atoms with van der Waals surface area (Å²) < 4.78 is 37.1. The maximum atomic E-state index is 13.8. The Kier molecular flexibility index (Phi) is 8.41. The quantitative estimate of drug-likeness (QED) is 0.179. The van der Waals surface area contributed by atoms with E-state index in [1.54, 1.807) is 44.2 Å². The monoisotopic (exact) mass is 579 g/mol. The lowest BCUT2D eigenvalue weighted by Gasteiger charge is -2.26. The lowest BCUT2D eigenvalue weighted by molar-refractivity contribution is -0.149. The average Bonchev–Trinajstić information content (AvgIpc) is 3.44. The fourth-order valence-electron chi connectivity index (χ4n) is 3.83. The van der Waals surface area contributed by atoms with Crippen LogP contribution in [0.2, 0.25) is 0 Å². The highest BCUT2D eigenvalue weighted by atomic mass is 35.5. The van der Waals surface area contributed by atoms with Crippen LogP contribution in [0.15, 0.2) is 42.9 Å². The highest BCUT2D eigenvalue weighted by Crippen LogP contribution is 2.47. The third kappa shape index (κ3) is 5.84. The number of nitrogens with one attached hydrogen (secondary N) is 1. The molecule has 1 aliphatic rings. The number of alkyl halides is 1. The second kappa shape index (κ2) is 11.4. The SMILES string of the molecule is CC(C)OC(=O)C(C)N[P@](=O)(OC[C@H]1O[C@@](C#N)(n2ncc3c(N)ncnc32)[C@@H](Cl)[C@@H]1O)Oc1ccccc1. The number of para-hydroxylation sites is 1. The fourth-order valence-corrected chi connectivity index (χ4v) is 5.69. The number of hydrogen-bond acceptors (Lipinski definition) is 12. The number of carbonyl (C=O) groups excluding carboxylic acids is 1. The number of aliphatic hydroxyl groups is 1. The van der Waals surface area contributed by atoms with Crippen molar-refractivity contribution in [2.75, 3.05) is 12.3 Å². The normalized spacial score (nSPS) is 25.2. The van der Waals surface area contributed by atoms with Crippen molar-refractivity contribution in [2.45, 2.75) is 56.2 Å². The van der Waals surface area contributed by atoms with Crippen molar-refractivity contribution >= 4 is 42.2 Å². The number of nitrogens with zero attached hydrogens (tertiary/aromatic N) is 5. The van der Waals surface area contributed by atoms with Crippen molar-refractivity contribution in [3.63, 3.8) is 0 Å². The van der Waals surface area contributed by atoms with E-state index >= 15 is 0 Å². The maximum Gasteiger partial charge on any atom is 0.459 e. The molecule has 208 valence electrons. The van der Waals surface area contributed by atoms with Crippen molar-refractivity contribution in [1.82, 2.24) is 24.8 Å². The molecule has 0 radical (unpaired) electrons. The summed E-state index contributed by atoms with van der Waals surface area (Å²) in [5.74, 6) is -0.370. The first-order valence-corrected chi connectivity index (χ1v) is 13.8. The molecule has 39 heavy (non-hydrogen) atoms. The maximum absolute atomic E-state index is 13.8. The Hall–Kier alpha value is -3.31. The first kappa shape index (κ1) is 28.7. The average molecular weight is 580 g/mol. The number of hydrogen-bond donors (Lipinski definition) is 3. The predicted octanol–water partition coefficient (Wildman–Crippen LogP) is 2.09. The van der Waals surface area contributed by atoms with Crippen molar-refractivity contribution in [1.29, 1.82) is 5.26 Å². The molecule has 3 aromatic rings. The van der Waals surface area contributed by atoms with E-state index in [0.717, 1.165) is 4.68 Å². The van der Waals surface area contributed by atoms with Crippen molar-refractivity contribution in [3.8, 4) is 11.8 Å². The summed E-state index contributed by atoms with van der Waals surface area (Å²) in [5, 5.41) is 26.7. The molecule has 4 N–H and O–H groups in total. The minimum atomic E-state index is -4.28. The van der Waals surface area contributed by atoms with Gasteiger partial charge in [-0.15, -0.1) is 11.6 Å². The topological polar surface area (TPSA) is 197 Å². The number of nitrogen functional groups attached to an aromatic ring is 1. The van der Waals surface area contributed by atoms with Crippen LogP contribution in [0.1, 0.15) is 20.8 Å². The van der Waals surface area contributed by atoms with Gasteiger partial charge in [0, 0.05) is 0 Å². The molecule has 0 saturated carbocycles. The van der Waals surface area contributed by atoms with Crippen LogP contribution in [-0.4, -0.2) is 67.2 Å². The van der Waals surface area contributed by atoms with Gasteiger partial charge in [-0.2, -0.15) is 20.1 Å². The molecule has 0 amide bonds. The lowest BCUT2D eigenvalue weighted by Crippen LogP contribution is -2.42. The van der Waals surface area contributed by atoms with Gasteiger partial charge in [0.2, 0.25) is 0 Å². The predicted molar refractivity (Wildman–Crippen MR) is 138 cm³/mol. The molecule has 1 fully saturated rings. The molecule has 6 atom stereocenters. The third-order valence-corrected chi connectivity index (χ3v) is 7.89. The summed E-state index contributed by atoms with van der Waals surface area (Å²) in [6, 6.07) is 9.00. The summed E-state index contributed by atoms with van der Waals surface area (Å²) in [6.45, 7) is 4.23. The van der Waals surface area contributed by atoms with Gasteiger partial charge >= 0.3 is 13.7 Å². The molecule has 0 spiro atoms. The number of nitrogens with two attached hydrogens (primary N) is 1. The number of aromatic nitrogens is 4. The molecule has 0 bridgehead atoms. The van der Waals surface area contributed by atoms with Gasteiger partial charge < -0.3 is 24.8 Å². The molecule has 4 rings (SSSR count). The highest BCUT2D eigenvalue weighted by molar-refractivity contribution is 7.52. The summed E-state index contributed by atoms with van der Waals surface area (Å²) >= 11 is 6.50. The highest BCUT2D eigenvalue weighted by Gasteiger charge is 2.58. The molecule has 3 heterocycles. The number of halogens is 1. The van der Waals surface area contributed by atoms with Crippen LogP contribution < -0.4 is 15.3 Å². The van der Waals surface area contributed by atoms with E-state index in [2.05, 4.69) is 20.2 Å². The molecule has 1 aliphatic heterocycles. The first-order valence-electron chi connectivity index (χ1n) is 11.8. The zero-order valence-corrected chi connectivity index (χ0v) is 22.8. The number of benzene rings is 1. The van der Waals surface area contributed by atoms with Gasteiger partial charge in [-0.1, -0.05) is 18.2 Å². The number of esters is 1. The lowest BCUT2D eigenvalue weighted by atomic mass is 10.1. The van der Waals surface area contributed by atoms with Crippen LogP contribution in [0, 0.1) is 11.3 Å². The van der Waals surface area contributed by atoms with E-state index in [1.165, 1.54) is 19.4 Å². The Morgan fingerprint density at radius 3 is 2.74 bits per heavy atom. The van der Waals surface area contributed by atoms with E-state index in [-0.39, 0.29) is 17.2 Å². The molecule has 1 saturated heterocycles. The van der Waals surface area contributed by atoms with Crippen molar-refractivity contribution in [3.05, 3.63) is 42.9 Å². The zero-order valence-electron chi connectivity index (χ0n) is 21.2. The minimum Gasteiger partial charge on any atom is -0.462 e. The summed E-state index contributed by atoms with van der Waals surface area (Å²) in [5.41, 5.74) is 4.00. The van der Waals surface area contributed by atoms with E-state index in [9.17, 15) is 19.7 Å². The zero-order chi connectivity index (χ0) is 28.4. The summed E-state index contributed by atoms with van der Waals surface area (Å²) in [6.07, 6.45) is -0.616. The number of ether oxygens (including phenoxy) is 2. The van der Waals surface area contributed by atoms with Gasteiger partial charge in [0.1, 0.15) is 47.6 Å². The van der Waals surface area contributed by atoms with Crippen molar-refractivity contribution < 1.29 is 33.0 Å². The van der Waals surface area contributed by atoms with Crippen LogP contribution in [0.25, 0.3) is 11.0 Å². The van der Waals surface area contributed by atoms with Gasteiger partial charge in [0.25, 0.3) is 5.72 Å². The van der Waals surface area contributed by atoms with Crippen LogP contribution in [0.5, 0.6) is 5.75 Å². The third-order valence-electron chi connectivity index (χ3n) is 5.69. The number of anilines is 1. The van der Waals surface area contributed by atoms with Crippen LogP contribution in [0.3, 0.4) is 0 Å². The van der Waals surface area contributed by atoms with E-state index in [4.69, 9.17) is 35.9 Å². The van der Waals surface area contributed by atoms with Gasteiger partial charge in [-0.05, 0) is 32.9 Å². The molecular weight excluding hydrogens is 553 g/mol. The fraction of sp³-hybridized carbons (Fsp3) is 0.435. The number of rotatable bonds is 10. The van der Waals surface area contributed by atoms with E-state index in [1.807, 2.05) is 6.07 Å². The Bertz CT molecular complexity index is 1420. The van der Waals surface area contributed by atoms with E-state index < -0.39 is 55.8 Å². The standard InChI is InChI=1S/C23H27ClN7O7P/c1-13(2)36-22(33)14(3)30-39(34,38-15-7-5-4-6-8-15)35-10-17-18(32)19(24)23(11-25,37-17)31-21-16(9-29-31)20(26)27-12-28-21/h4-9,12-14,17-19,32H,10H2,1-3H3,(H,30,34)(H2,26,27,28)/t14?,17-,18-,19+,23-,39+/m1/s1. The molecule has 1 unspecified atom stereocenters. The minimum absolute atomic E-state index is 0.124. The number of carbonyl (C=O) groups is 1. The van der Waals surface area contributed by atoms with Gasteiger partial charge in [0.05, 0.1) is 24.3 Å². The summed E-state index contributed by atoms with van der Waals surface area (Å²) in [4.78, 5) is 20.4. The molecule has 1 aromatic carbocycles. The number of fused-ring (bicyclic) bond motifs is 1. The second-order valence-corrected chi connectivity index (χ2v) is 11.1. The molecule has 16 heteroatoms. The second-order valence-electron chi connectivity index (χ2n) is 8.94. The summed E-state index contributed by atoms with van der Waals surface area (Å²) in [7, 11) is -4.28. The Labute approximate surface area is 228 Å². The smallest absolute Gasteiger partial charge is 0.459 e. The van der Waals surface area contributed by atoms with Gasteiger partial charge in [-0.3, -0.25) is 9.32 Å². The number of nitriles is 1. The van der Waals surface area contributed by atoms with Gasteiger partial charge in [-0.25, -0.2) is 14.5 Å². The van der Waals surface area contributed by atoms with Crippen molar-refractivity contribution in [2.24, 2.45) is 0 Å².